The van der Waals surface area contributed by atoms with Crippen molar-refractivity contribution in [1.29, 1.82) is 0 Å². The summed E-state index contributed by atoms with van der Waals surface area (Å²) in [4.78, 5) is 23.4. The minimum atomic E-state index is -0.330. The fourth-order valence-corrected chi connectivity index (χ4v) is 3.04. The number of hydrogen-bond donors (Lipinski definition) is 1. The van der Waals surface area contributed by atoms with Gasteiger partial charge in [0.05, 0.1) is 37.7 Å². The van der Waals surface area contributed by atoms with Gasteiger partial charge in [0.1, 0.15) is 11.9 Å². The second kappa shape index (κ2) is 6.25. The summed E-state index contributed by atoms with van der Waals surface area (Å²) >= 11 is 0. The molecule has 0 bridgehead atoms. The highest BCUT2D eigenvalue weighted by molar-refractivity contribution is 5.82. The van der Waals surface area contributed by atoms with E-state index in [1.165, 1.54) is 4.80 Å². The number of benzene rings is 1. The zero-order chi connectivity index (χ0) is 17.4. The number of tetrazole rings is 1. The molecule has 9 heteroatoms. The van der Waals surface area contributed by atoms with E-state index >= 15 is 0 Å². The van der Waals surface area contributed by atoms with E-state index in [-0.39, 0.29) is 12.0 Å². The Morgan fingerprint density at radius 3 is 3.12 bits per heavy atom. The predicted molar refractivity (Wildman–Crippen MR) is 88.6 cm³/mol. The van der Waals surface area contributed by atoms with Crippen molar-refractivity contribution >= 4 is 16.9 Å². The van der Waals surface area contributed by atoms with Crippen molar-refractivity contribution in [3.8, 4) is 0 Å². The lowest BCUT2D eigenvalue weighted by molar-refractivity contribution is -0.138. The summed E-state index contributed by atoms with van der Waals surface area (Å²) in [5.41, 5.74) is 2.82. The number of nitrogens with one attached hydrogen (secondary N) is 1. The van der Waals surface area contributed by atoms with E-state index in [9.17, 15) is 4.79 Å². The van der Waals surface area contributed by atoms with E-state index in [1.807, 2.05) is 25.1 Å². The van der Waals surface area contributed by atoms with E-state index in [0.29, 0.717) is 31.9 Å². The number of aryl methyl sites for hydroxylation is 2. The molecule has 1 saturated heterocycles. The van der Waals surface area contributed by atoms with Gasteiger partial charge in [-0.25, -0.2) is 4.98 Å². The molecule has 9 nitrogen and oxygen atoms in total. The summed E-state index contributed by atoms with van der Waals surface area (Å²) in [6, 6.07) is 5.87. The molecule has 0 spiro atoms. The molecule has 3 heterocycles. The molecule has 1 unspecified atom stereocenters. The molecule has 4 rings (SSSR count). The van der Waals surface area contributed by atoms with E-state index in [2.05, 4.69) is 25.4 Å². The zero-order valence-electron chi connectivity index (χ0n) is 14.1. The summed E-state index contributed by atoms with van der Waals surface area (Å²) < 4.78 is 5.68. The first-order chi connectivity index (χ1) is 12.1. The Kier molecular flexibility index (Phi) is 3.92. The normalized spacial score (nSPS) is 18.0. The quantitative estimate of drug-likeness (QED) is 0.746. The number of aromatic nitrogens is 6. The van der Waals surface area contributed by atoms with Crippen LogP contribution in [0.3, 0.4) is 0 Å². The molecule has 25 heavy (non-hydrogen) atoms. The third kappa shape index (κ3) is 3.22. The number of hydrogen-bond acceptors (Lipinski definition) is 6. The van der Waals surface area contributed by atoms with Crippen LogP contribution in [-0.4, -0.2) is 60.7 Å². The molecule has 1 aliphatic heterocycles. The molecule has 0 aliphatic carbocycles. The van der Waals surface area contributed by atoms with Gasteiger partial charge in [0.2, 0.25) is 11.7 Å². The molecule has 0 saturated carbocycles. The minimum Gasteiger partial charge on any atom is -0.366 e. The molecule has 3 aromatic rings. The van der Waals surface area contributed by atoms with Crippen molar-refractivity contribution in [1.82, 2.24) is 35.1 Å². The Labute approximate surface area is 144 Å². The number of aromatic amines is 1. The lowest BCUT2D eigenvalue weighted by Gasteiger charge is -2.31. The molecular weight excluding hydrogens is 322 g/mol. The maximum Gasteiger partial charge on any atom is 0.227 e. The van der Waals surface area contributed by atoms with Gasteiger partial charge in [-0.3, -0.25) is 4.79 Å². The van der Waals surface area contributed by atoms with Gasteiger partial charge in [0.25, 0.3) is 0 Å². The highest BCUT2D eigenvalue weighted by Gasteiger charge is 2.28. The van der Waals surface area contributed by atoms with Gasteiger partial charge < -0.3 is 14.6 Å². The monoisotopic (exact) mass is 341 g/mol. The van der Waals surface area contributed by atoms with Crippen molar-refractivity contribution in [2.75, 3.05) is 19.7 Å². The van der Waals surface area contributed by atoms with Crippen LogP contribution in [0.5, 0.6) is 0 Å². The van der Waals surface area contributed by atoms with Crippen molar-refractivity contribution in [2.45, 2.75) is 19.4 Å². The third-order valence-electron chi connectivity index (χ3n) is 4.25. The first-order valence-corrected chi connectivity index (χ1v) is 8.17. The number of morpholine rings is 1. The second-order valence-electron chi connectivity index (χ2n) is 6.19. The largest absolute Gasteiger partial charge is 0.366 e. The van der Waals surface area contributed by atoms with Gasteiger partial charge in [0.15, 0.2) is 0 Å². The number of carbonyl (C=O) groups excluding carboxylic acids is 1. The summed E-state index contributed by atoms with van der Waals surface area (Å²) in [6.07, 6.45) is 0.0124. The molecule has 1 N–H and O–H groups in total. The first-order valence-electron chi connectivity index (χ1n) is 8.17. The number of rotatable bonds is 3. The maximum absolute atomic E-state index is 12.7. The van der Waals surface area contributed by atoms with E-state index in [0.717, 1.165) is 22.4 Å². The van der Waals surface area contributed by atoms with Gasteiger partial charge in [-0.2, -0.15) is 4.80 Å². The lowest BCUT2D eigenvalue weighted by atomic mass is 10.1. The Hall–Kier alpha value is -2.81. The second-order valence-corrected chi connectivity index (χ2v) is 6.19. The average molecular weight is 341 g/mol. The molecule has 130 valence electrons. The molecule has 1 fully saturated rings. The van der Waals surface area contributed by atoms with Gasteiger partial charge in [-0.1, -0.05) is 6.07 Å². The van der Waals surface area contributed by atoms with Gasteiger partial charge in [-0.15, -0.1) is 10.2 Å². The van der Waals surface area contributed by atoms with Crippen molar-refractivity contribution in [2.24, 2.45) is 7.05 Å². The van der Waals surface area contributed by atoms with Gasteiger partial charge in [-0.05, 0) is 29.8 Å². The number of carbonyl (C=O) groups is 1. The molecule has 1 amide bonds. The topological polar surface area (TPSA) is 102 Å². The molecule has 0 radical (unpaired) electrons. The fraction of sp³-hybridized carbons (Fsp3) is 0.438. The smallest absolute Gasteiger partial charge is 0.227 e. The van der Waals surface area contributed by atoms with Gasteiger partial charge >= 0.3 is 0 Å². The number of ether oxygens (including phenoxy) is 1. The highest BCUT2D eigenvalue weighted by Crippen LogP contribution is 2.20. The number of fused-ring (bicyclic) bond motifs is 1. The van der Waals surface area contributed by atoms with E-state index < -0.39 is 0 Å². The summed E-state index contributed by atoms with van der Waals surface area (Å²) in [7, 11) is 1.70. The number of H-pyrrole nitrogens is 1. The van der Waals surface area contributed by atoms with Crippen LogP contribution >= 0.6 is 0 Å². The van der Waals surface area contributed by atoms with Crippen molar-refractivity contribution < 1.29 is 9.53 Å². The maximum atomic E-state index is 12.7. The van der Waals surface area contributed by atoms with Crippen LogP contribution in [0.15, 0.2) is 18.2 Å². The first kappa shape index (κ1) is 15.7. The predicted octanol–water partition coefficient (Wildman–Crippen LogP) is 0.537. The van der Waals surface area contributed by atoms with Crippen molar-refractivity contribution in [3.63, 3.8) is 0 Å². The summed E-state index contributed by atoms with van der Waals surface area (Å²) in [5, 5.41) is 12.0. The number of imidazole rings is 1. The molecule has 2 aromatic heterocycles. The lowest BCUT2D eigenvalue weighted by Crippen LogP contribution is -2.43. The van der Waals surface area contributed by atoms with Crippen LogP contribution in [0.4, 0.5) is 0 Å². The third-order valence-corrected chi connectivity index (χ3v) is 4.25. The minimum absolute atomic E-state index is 0.0628. The van der Waals surface area contributed by atoms with Crippen LogP contribution < -0.4 is 0 Å². The van der Waals surface area contributed by atoms with Crippen LogP contribution in [0.1, 0.15) is 23.3 Å². The summed E-state index contributed by atoms with van der Waals surface area (Å²) in [6.45, 7) is 3.39. The standard InChI is InChI=1S/C16H19N7O2/c1-10-17-12-4-3-11(7-13(12)18-10)8-15(24)23-5-6-25-14(9-23)16-19-21-22(2)20-16/h3-4,7,14H,5-6,8-9H2,1-2H3,(H,17,18). The Balaban J connectivity index is 1.45. The highest BCUT2D eigenvalue weighted by atomic mass is 16.5. The molecular formula is C16H19N7O2. The Bertz CT molecular complexity index is 916. The van der Waals surface area contributed by atoms with Crippen LogP contribution in [-0.2, 0) is 23.0 Å². The number of amides is 1. The molecule has 1 aliphatic rings. The fourth-order valence-electron chi connectivity index (χ4n) is 3.04. The SMILES string of the molecule is Cc1nc2ccc(CC(=O)N3CCOC(c4nnn(C)n4)C3)cc2[nH]1. The molecule has 1 atom stereocenters. The van der Waals surface area contributed by atoms with E-state index in [4.69, 9.17) is 4.74 Å². The van der Waals surface area contributed by atoms with Crippen LogP contribution in [0.2, 0.25) is 0 Å². The van der Waals surface area contributed by atoms with Gasteiger partial charge in [0, 0.05) is 6.54 Å². The summed E-state index contributed by atoms with van der Waals surface area (Å²) in [5.74, 6) is 1.44. The van der Waals surface area contributed by atoms with Crippen molar-refractivity contribution in [3.05, 3.63) is 35.4 Å². The Morgan fingerprint density at radius 1 is 1.44 bits per heavy atom. The molecule has 1 aromatic carbocycles. The zero-order valence-corrected chi connectivity index (χ0v) is 14.1. The van der Waals surface area contributed by atoms with Crippen LogP contribution in [0.25, 0.3) is 11.0 Å². The van der Waals surface area contributed by atoms with Crippen LogP contribution in [0, 0.1) is 6.92 Å². The number of nitrogens with zero attached hydrogens (tertiary/aromatic N) is 6. The van der Waals surface area contributed by atoms with E-state index in [1.54, 1.807) is 11.9 Å². The average Bonchev–Trinajstić information content (AvgIpc) is 3.19. The Morgan fingerprint density at radius 2 is 2.32 bits per heavy atom.